The summed E-state index contributed by atoms with van der Waals surface area (Å²) in [5.41, 5.74) is 0. The predicted molar refractivity (Wildman–Crippen MR) is 44.4 cm³/mol. The molecule has 0 atom stereocenters. The average Bonchev–Trinajstić information content (AvgIpc) is 2.48. The summed E-state index contributed by atoms with van der Waals surface area (Å²) in [7, 11) is 0. The number of aromatic amines is 1. The van der Waals surface area contributed by atoms with E-state index in [4.69, 9.17) is 0 Å². The lowest BCUT2D eigenvalue weighted by Gasteiger charge is -1.89. The Hall–Kier alpha value is -0.860. The number of H-pyrrole nitrogens is 1. The van der Waals surface area contributed by atoms with Crippen LogP contribution in [0.3, 0.4) is 0 Å². The Morgan fingerprint density at radius 2 is 2.18 bits per heavy atom. The van der Waals surface area contributed by atoms with Crippen LogP contribution in [0.1, 0.15) is 38.3 Å². The van der Waals surface area contributed by atoms with E-state index in [-0.39, 0.29) is 0 Å². The van der Waals surface area contributed by atoms with Crippen molar-refractivity contribution in [3.8, 4) is 0 Å². The normalized spacial score (nSPS) is 10.4. The molecule has 0 unspecified atom stereocenters. The van der Waals surface area contributed by atoms with Gasteiger partial charge in [-0.05, 0) is 6.42 Å². The number of unbranched alkanes of at least 4 members (excludes halogenated alkanes) is 1. The summed E-state index contributed by atoms with van der Waals surface area (Å²) in [5, 5.41) is 6.98. The van der Waals surface area contributed by atoms with Crippen molar-refractivity contribution in [3.63, 3.8) is 0 Å². The molecule has 1 aromatic heterocycles. The van der Waals surface area contributed by atoms with Crippen LogP contribution < -0.4 is 0 Å². The number of hydrogen-bond donors (Lipinski definition) is 1. The first-order valence-electron chi connectivity index (χ1n) is 4.27. The molecule has 0 radical (unpaired) electrons. The van der Waals surface area contributed by atoms with Crippen LogP contribution in [-0.4, -0.2) is 15.2 Å². The fraction of sp³-hybridized carbons (Fsp3) is 0.750. The second kappa shape index (κ2) is 4.11. The highest BCUT2D eigenvalue weighted by atomic mass is 15.2. The molecule has 0 spiro atoms. The van der Waals surface area contributed by atoms with Crippen molar-refractivity contribution in [2.24, 2.45) is 0 Å². The smallest absolute Gasteiger partial charge is 0.150 e. The largest absolute Gasteiger partial charge is 0.263 e. The van der Waals surface area contributed by atoms with Crippen LogP contribution in [0.5, 0.6) is 0 Å². The van der Waals surface area contributed by atoms with Gasteiger partial charge in [0.1, 0.15) is 11.6 Å². The molecule has 62 valence electrons. The van der Waals surface area contributed by atoms with Gasteiger partial charge in [-0.1, -0.05) is 20.3 Å². The molecule has 1 aromatic rings. The zero-order valence-electron chi connectivity index (χ0n) is 7.22. The molecule has 0 saturated heterocycles. The molecule has 0 saturated carbocycles. The molecule has 0 fully saturated rings. The van der Waals surface area contributed by atoms with Gasteiger partial charge in [-0.2, -0.15) is 5.10 Å². The minimum absolute atomic E-state index is 0.919. The van der Waals surface area contributed by atoms with Crippen LogP contribution in [0.15, 0.2) is 0 Å². The third-order valence-corrected chi connectivity index (χ3v) is 1.66. The van der Waals surface area contributed by atoms with Crippen LogP contribution >= 0.6 is 0 Å². The fourth-order valence-electron chi connectivity index (χ4n) is 0.949. The third-order valence-electron chi connectivity index (χ3n) is 1.66. The quantitative estimate of drug-likeness (QED) is 0.715. The first-order valence-corrected chi connectivity index (χ1v) is 4.27. The monoisotopic (exact) mass is 153 g/mol. The zero-order valence-corrected chi connectivity index (χ0v) is 7.22. The summed E-state index contributed by atoms with van der Waals surface area (Å²) < 4.78 is 0. The number of aromatic nitrogens is 3. The van der Waals surface area contributed by atoms with Gasteiger partial charge in [0.15, 0.2) is 0 Å². The fourth-order valence-corrected chi connectivity index (χ4v) is 0.949. The standard InChI is InChI=1S/C8H15N3/c1-3-5-6-8-9-7(4-2)10-11-8/h3-6H2,1-2H3,(H,9,10,11). The van der Waals surface area contributed by atoms with Crippen LogP contribution in [0.25, 0.3) is 0 Å². The molecule has 0 aliphatic heterocycles. The Kier molecular flexibility index (Phi) is 3.08. The molecular weight excluding hydrogens is 138 g/mol. The van der Waals surface area contributed by atoms with E-state index in [2.05, 4.69) is 29.0 Å². The molecule has 11 heavy (non-hydrogen) atoms. The summed E-state index contributed by atoms with van der Waals surface area (Å²) >= 11 is 0. The predicted octanol–water partition coefficient (Wildman–Crippen LogP) is 1.71. The lowest BCUT2D eigenvalue weighted by Crippen LogP contribution is -1.87. The van der Waals surface area contributed by atoms with Crippen molar-refractivity contribution in [2.45, 2.75) is 39.5 Å². The summed E-state index contributed by atoms with van der Waals surface area (Å²) in [6, 6.07) is 0. The number of rotatable bonds is 4. The van der Waals surface area contributed by atoms with Gasteiger partial charge in [0, 0.05) is 12.8 Å². The van der Waals surface area contributed by atoms with Gasteiger partial charge < -0.3 is 0 Å². The van der Waals surface area contributed by atoms with Crippen molar-refractivity contribution in [1.29, 1.82) is 0 Å². The highest BCUT2D eigenvalue weighted by Crippen LogP contribution is 1.99. The number of nitrogens with zero attached hydrogens (tertiary/aromatic N) is 2. The highest BCUT2D eigenvalue weighted by molar-refractivity contribution is 4.89. The summed E-state index contributed by atoms with van der Waals surface area (Å²) in [6.45, 7) is 4.24. The van der Waals surface area contributed by atoms with E-state index in [0.29, 0.717) is 0 Å². The molecule has 1 heterocycles. The summed E-state index contributed by atoms with van der Waals surface area (Å²) in [4.78, 5) is 4.30. The first kappa shape index (κ1) is 8.24. The van der Waals surface area contributed by atoms with Gasteiger partial charge in [-0.3, -0.25) is 5.10 Å². The third kappa shape index (κ3) is 2.33. The Balaban J connectivity index is 2.44. The van der Waals surface area contributed by atoms with Gasteiger partial charge in [0.2, 0.25) is 0 Å². The molecule has 1 N–H and O–H groups in total. The summed E-state index contributed by atoms with van der Waals surface area (Å²) in [6.07, 6.45) is 4.35. The van der Waals surface area contributed by atoms with Gasteiger partial charge in [-0.15, -0.1) is 0 Å². The molecule has 3 heteroatoms. The van der Waals surface area contributed by atoms with E-state index < -0.39 is 0 Å². The second-order valence-electron chi connectivity index (χ2n) is 2.66. The first-order chi connectivity index (χ1) is 5.36. The number of aryl methyl sites for hydroxylation is 2. The van der Waals surface area contributed by atoms with Gasteiger partial charge in [0.05, 0.1) is 0 Å². The van der Waals surface area contributed by atoms with Crippen LogP contribution in [-0.2, 0) is 12.8 Å². The van der Waals surface area contributed by atoms with Crippen LogP contribution in [0.2, 0.25) is 0 Å². The van der Waals surface area contributed by atoms with Gasteiger partial charge >= 0.3 is 0 Å². The van der Waals surface area contributed by atoms with Crippen molar-refractivity contribution < 1.29 is 0 Å². The molecule has 1 rings (SSSR count). The van der Waals surface area contributed by atoms with Crippen LogP contribution in [0.4, 0.5) is 0 Å². The van der Waals surface area contributed by atoms with E-state index in [1.807, 2.05) is 0 Å². The average molecular weight is 153 g/mol. The lowest BCUT2D eigenvalue weighted by molar-refractivity contribution is 0.755. The highest BCUT2D eigenvalue weighted by Gasteiger charge is 1.98. The SMILES string of the molecule is CCCCc1nc(CC)n[nH]1. The molecular formula is C8H15N3. The topological polar surface area (TPSA) is 41.6 Å². The maximum absolute atomic E-state index is 4.30. The van der Waals surface area contributed by atoms with E-state index >= 15 is 0 Å². The second-order valence-corrected chi connectivity index (χ2v) is 2.66. The number of hydrogen-bond acceptors (Lipinski definition) is 2. The maximum Gasteiger partial charge on any atom is 0.150 e. The Bertz CT molecular complexity index is 205. The molecule has 0 amide bonds. The molecule has 0 aliphatic carbocycles. The van der Waals surface area contributed by atoms with Crippen molar-refractivity contribution in [2.75, 3.05) is 0 Å². The van der Waals surface area contributed by atoms with Crippen molar-refractivity contribution in [1.82, 2.24) is 15.2 Å². The molecule has 0 aromatic carbocycles. The Morgan fingerprint density at radius 1 is 1.36 bits per heavy atom. The minimum atomic E-state index is 0.919. The van der Waals surface area contributed by atoms with E-state index in [0.717, 1.165) is 24.5 Å². The van der Waals surface area contributed by atoms with E-state index in [1.165, 1.54) is 12.8 Å². The van der Waals surface area contributed by atoms with Gasteiger partial charge in [0.25, 0.3) is 0 Å². The van der Waals surface area contributed by atoms with Crippen molar-refractivity contribution >= 4 is 0 Å². The van der Waals surface area contributed by atoms with E-state index in [1.54, 1.807) is 0 Å². The minimum Gasteiger partial charge on any atom is -0.263 e. The molecule has 0 bridgehead atoms. The van der Waals surface area contributed by atoms with Crippen LogP contribution in [0, 0.1) is 0 Å². The lowest BCUT2D eigenvalue weighted by atomic mass is 10.2. The maximum atomic E-state index is 4.30. The Labute approximate surface area is 67.2 Å². The summed E-state index contributed by atoms with van der Waals surface area (Å²) in [5.74, 6) is 1.96. The number of nitrogens with one attached hydrogen (secondary N) is 1. The molecule has 3 nitrogen and oxygen atoms in total. The van der Waals surface area contributed by atoms with Crippen molar-refractivity contribution in [3.05, 3.63) is 11.6 Å². The van der Waals surface area contributed by atoms with E-state index in [9.17, 15) is 0 Å². The zero-order chi connectivity index (χ0) is 8.10. The molecule has 0 aliphatic rings. The van der Waals surface area contributed by atoms with Gasteiger partial charge in [-0.25, -0.2) is 4.98 Å². The Morgan fingerprint density at radius 3 is 2.73 bits per heavy atom.